The van der Waals surface area contributed by atoms with E-state index in [4.69, 9.17) is 5.73 Å². The van der Waals surface area contributed by atoms with Crippen molar-refractivity contribution < 1.29 is 4.79 Å². The minimum absolute atomic E-state index is 0. The summed E-state index contributed by atoms with van der Waals surface area (Å²) in [6, 6.07) is 7.97. The van der Waals surface area contributed by atoms with Crippen molar-refractivity contribution >= 4 is 24.0 Å². The van der Waals surface area contributed by atoms with E-state index in [0.29, 0.717) is 6.42 Å². The van der Waals surface area contributed by atoms with Crippen LogP contribution in [0.1, 0.15) is 44.6 Å². The third kappa shape index (κ3) is 7.19. The second kappa shape index (κ2) is 10.8. The van der Waals surface area contributed by atoms with E-state index in [1.807, 2.05) is 18.2 Å². The summed E-state index contributed by atoms with van der Waals surface area (Å²) in [6.07, 6.45) is 5.74. The van der Waals surface area contributed by atoms with Crippen molar-refractivity contribution in [3.05, 3.63) is 29.8 Å². The number of anilines is 1. The molecule has 0 fully saturated rings. The van der Waals surface area contributed by atoms with Crippen LogP contribution < -0.4 is 11.1 Å². The molecule has 0 spiro atoms. The molecule has 0 aliphatic heterocycles. The fourth-order valence-corrected chi connectivity index (χ4v) is 1.95. The lowest BCUT2D eigenvalue weighted by Crippen LogP contribution is -2.12. The van der Waals surface area contributed by atoms with Crippen LogP contribution in [-0.2, 0) is 11.2 Å². The molecule has 0 aliphatic carbocycles. The number of nitrogens with two attached hydrogens (primary N) is 1. The zero-order valence-corrected chi connectivity index (χ0v) is 12.5. The van der Waals surface area contributed by atoms with Gasteiger partial charge < -0.3 is 11.1 Å². The van der Waals surface area contributed by atoms with Crippen LogP contribution in [0, 0.1) is 0 Å². The minimum Gasteiger partial charge on any atom is -0.330 e. The van der Waals surface area contributed by atoms with Gasteiger partial charge in [0.15, 0.2) is 0 Å². The third-order valence-corrected chi connectivity index (χ3v) is 3.03. The molecule has 0 heterocycles. The van der Waals surface area contributed by atoms with Gasteiger partial charge in [-0.2, -0.15) is 0 Å². The van der Waals surface area contributed by atoms with Gasteiger partial charge in [-0.15, -0.1) is 12.4 Å². The minimum atomic E-state index is 0. The summed E-state index contributed by atoms with van der Waals surface area (Å²) in [6.45, 7) is 2.84. The average molecular weight is 285 g/mol. The number of nitrogens with one attached hydrogen (secondary N) is 1. The normalized spacial score (nSPS) is 9.79. The first-order chi connectivity index (χ1) is 8.77. The summed E-state index contributed by atoms with van der Waals surface area (Å²) in [5.41, 5.74) is 7.57. The number of carbonyl (C=O) groups is 1. The van der Waals surface area contributed by atoms with Crippen molar-refractivity contribution in [3.63, 3.8) is 0 Å². The van der Waals surface area contributed by atoms with E-state index in [2.05, 4.69) is 18.3 Å². The Balaban J connectivity index is 0.00000324. The topological polar surface area (TPSA) is 55.1 Å². The van der Waals surface area contributed by atoms with Gasteiger partial charge in [-0.25, -0.2) is 0 Å². The fraction of sp³-hybridized carbons (Fsp3) is 0.533. The SMILES string of the molecule is CCc1ccccc1NC(=O)CCCCCCN.Cl. The Morgan fingerprint density at radius 2 is 1.84 bits per heavy atom. The first-order valence-electron chi connectivity index (χ1n) is 6.85. The maximum absolute atomic E-state index is 11.8. The zero-order valence-electron chi connectivity index (χ0n) is 11.7. The van der Waals surface area contributed by atoms with Crippen LogP contribution in [0.4, 0.5) is 5.69 Å². The number of amides is 1. The summed E-state index contributed by atoms with van der Waals surface area (Å²) >= 11 is 0. The van der Waals surface area contributed by atoms with Crippen LogP contribution in [0.5, 0.6) is 0 Å². The van der Waals surface area contributed by atoms with Crippen molar-refractivity contribution in [2.24, 2.45) is 5.73 Å². The fourth-order valence-electron chi connectivity index (χ4n) is 1.95. The number of aryl methyl sites for hydroxylation is 1. The molecular weight excluding hydrogens is 260 g/mol. The summed E-state index contributed by atoms with van der Waals surface area (Å²) in [5.74, 6) is 0.114. The summed E-state index contributed by atoms with van der Waals surface area (Å²) in [7, 11) is 0. The number of para-hydroxylation sites is 1. The molecule has 1 aromatic rings. The van der Waals surface area contributed by atoms with Gasteiger partial charge in [0.2, 0.25) is 5.91 Å². The Morgan fingerprint density at radius 3 is 2.53 bits per heavy atom. The molecular formula is C15H25ClN2O. The molecule has 4 heteroatoms. The molecule has 1 rings (SSSR count). The molecule has 0 bridgehead atoms. The van der Waals surface area contributed by atoms with Gasteiger partial charge in [0.25, 0.3) is 0 Å². The number of halogens is 1. The van der Waals surface area contributed by atoms with Gasteiger partial charge in [-0.1, -0.05) is 38.0 Å². The predicted octanol–water partition coefficient (Wildman–Crippen LogP) is 3.52. The Hall–Kier alpha value is -1.06. The second-order valence-corrected chi connectivity index (χ2v) is 4.51. The quantitative estimate of drug-likeness (QED) is 0.718. The van der Waals surface area contributed by atoms with Gasteiger partial charge in [0, 0.05) is 12.1 Å². The van der Waals surface area contributed by atoms with E-state index in [-0.39, 0.29) is 18.3 Å². The maximum Gasteiger partial charge on any atom is 0.224 e. The molecule has 0 radical (unpaired) electrons. The Bertz CT molecular complexity index is 369. The van der Waals surface area contributed by atoms with Gasteiger partial charge in [0.05, 0.1) is 0 Å². The van der Waals surface area contributed by atoms with Gasteiger partial charge in [0.1, 0.15) is 0 Å². The van der Waals surface area contributed by atoms with Crippen LogP contribution in [-0.4, -0.2) is 12.5 Å². The molecule has 108 valence electrons. The average Bonchev–Trinajstić information content (AvgIpc) is 2.39. The van der Waals surface area contributed by atoms with Crippen molar-refractivity contribution in [2.75, 3.05) is 11.9 Å². The highest BCUT2D eigenvalue weighted by molar-refractivity contribution is 5.91. The lowest BCUT2D eigenvalue weighted by Gasteiger charge is -2.09. The van der Waals surface area contributed by atoms with Crippen molar-refractivity contribution in [3.8, 4) is 0 Å². The van der Waals surface area contributed by atoms with E-state index >= 15 is 0 Å². The number of benzene rings is 1. The first kappa shape index (κ1) is 17.9. The van der Waals surface area contributed by atoms with Crippen LogP contribution in [0.3, 0.4) is 0 Å². The smallest absolute Gasteiger partial charge is 0.224 e. The molecule has 3 nitrogen and oxygen atoms in total. The lowest BCUT2D eigenvalue weighted by molar-refractivity contribution is -0.116. The van der Waals surface area contributed by atoms with E-state index < -0.39 is 0 Å². The number of rotatable bonds is 8. The molecule has 0 atom stereocenters. The van der Waals surface area contributed by atoms with E-state index in [1.54, 1.807) is 0 Å². The highest BCUT2D eigenvalue weighted by Crippen LogP contribution is 2.16. The van der Waals surface area contributed by atoms with Crippen molar-refractivity contribution in [2.45, 2.75) is 45.4 Å². The van der Waals surface area contributed by atoms with E-state index in [9.17, 15) is 4.79 Å². The monoisotopic (exact) mass is 284 g/mol. The van der Waals surface area contributed by atoms with Crippen molar-refractivity contribution in [1.82, 2.24) is 0 Å². The molecule has 1 amide bonds. The van der Waals surface area contributed by atoms with Gasteiger partial charge in [-0.05, 0) is 37.4 Å². The van der Waals surface area contributed by atoms with E-state index in [1.165, 1.54) is 5.56 Å². The molecule has 0 saturated carbocycles. The largest absolute Gasteiger partial charge is 0.330 e. The summed E-state index contributed by atoms with van der Waals surface area (Å²) in [5, 5.41) is 2.99. The second-order valence-electron chi connectivity index (χ2n) is 4.51. The van der Waals surface area contributed by atoms with Gasteiger partial charge in [-0.3, -0.25) is 4.79 Å². The third-order valence-electron chi connectivity index (χ3n) is 3.03. The molecule has 3 N–H and O–H groups in total. The Morgan fingerprint density at radius 1 is 1.16 bits per heavy atom. The molecule has 19 heavy (non-hydrogen) atoms. The molecule has 0 unspecified atom stereocenters. The summed E-state index contributed by atoms with van der Waals surface area (Å²) < 4.78 is 0. The van der Waals surface area contributed by atoms with Crippen LogP contribution >= 0.6 is 12.4 Å². The number of hydrogen-bond donors (Lipinski definition) is 2. The van der Waals surface area contributed by atoms with Crippen LogP contribution in [0.15, 0.2) is 24.3 Å². The van der Waals surface area contributed by atoms with Crippen molar-refractivity contribution in [1.29, 1.82) is 0 Å². The molecule has 0 saturated heterocycles. The summed E-state index contributed by atoms with van der Waals surface area (Å²) in [4.78, 5) is 11.8. The zero-order chi connectivity index (χ0) is 13.2. The van der Waals surface area contributed by atoms with Gasteiger partial charge >= 0.3 is 0 Å². The standard InChI is InChI=1S/C15H24N2O.ClH/c1-2-13-9-6-7-10-14(13)17-15(18)11-5-3-4-8-12-16;/h6-7,9-10H,2-5,8,11-12,16H2,1H3,(H,17,18);1H. The molecule has 1 aromatic carbocycles. The Kier molecular flexibility index (Phi) is 10.2. The highest BCUT2D eigenvalue weighted by Gasteiger charge is 2.04. The van der Waals surface area contributed by atoms with Crippen LogP contribution in [0.2, 0.25) is 0 Å². The highest BCUT2D eigenvalue weighted by atomic mass is 35.5. The first-order valence-corrected chi connectivity index (χ1v) is 6.85. The van der Waals surface area contributed by atoms with E-state index in [0.717, 1.165) is 44.3 Å². The number of hydrogen-bond acceptors (Lipinski definition) is 2. The lowest BCUT2D eigenvalue weighted by atomic mass is 10.1. The number of carbonyl (C=O) groups excluding carboxylic acids is 1. The maximum atomic E-state index is 11.8. The van der Waals surface area contributed by atoms with Crippen LogP contribution in [0.25, 0.3) is 0 Å². The number of unbranched alkanes of at least 4 members (excludes halogenated alkanes) is 3. The predicted molar refractivity (Wildman–Crippen MR) is 83.8 cm³/mol. The molecule has 0 aromatic heterocycles. The Labute approximate surface area is 122 Å². The molecule has 0 aliphatic rings.